The van der Waals surface area contributed by atoms with Crippen molar-refractivity contribution in [2.75, 3.05) is 38.2 Å². The molecule has 0 atom stereocenters. The number of aryl methyl sites for hydroxylation is 1. The number of amides is 1. The highest BCUT2D eigenvalue weighted by molar-refractivity contribution is 5.97. The summed E-state index contributed by atoms with van der Waals surface area (Å²) in [5.74, 6) is 0.881. The quantitative estimate of drug-likeness (QED) is 0.378. The van der Waals surface area contributed by atoms with Crippen molar-refractivity contribution < 1.29 is 9.53 Å². The summed E-state index contributed by atoms with van der Waals surface area (Å²) in [4.78, 5) is 18.1. The van der Waals surface area contributed by atoms with Gasteiger partial charge in [-0.05, 0) is 55.8 Å². The molecule has 1 aliphatic heterocycles. The van der Waals surface area contributed by atoms with E-state index in [9.17, 15) is 4.79 Å². The van der Waals surface area contributed by atoms with Crippen LogP contribution in [0.15, 0.2) is 84.9 Å². The van der Waals surface area contributed by atoms with Crippen LogP contribution in [0.2, 0.25) is 0 Å². The predicted molar refractivity (Wildman–Crippen MR) is 142 cm³/mol. The topological polar surface area (TPSA) is 37.7 Å². The Balaban J connectivity index is 1.47. The van der Waals surface area contributed by atoms with Crippen LogP contribution in [0.4, 0.5) is 5.69 Å². The molecule has 0 spiro atoms. The molecule has 1 fully saturated rings. The fraction of sp³-hybridized carbons (Fsp3) is 0.233. The smallest absolute Gasteiger partial charge is 0.255 e. The number of carbonyl (C=O) groups is 1. The molecule has 5 nitrogen and oxygen atoms in total. The molecule has 0 N–H and O–H groups in total. The summed E-state index contributed by atoms with van der Waals surface area (Å²) in [5.41, 5.74) is 7.24. The molecule has 5 rings (SSSR count). The van der Waals surface area contributed by atoms with E-state index < -0.39 is 0 Å². The standard InChI is InChI=1S/C30H31N3O2/c1-22-10-7-8-15-28(22)31-16-18-32(19-17-31)30(34)27-21-29(24-11-9-14-26(20-24)35-3)33(23(27)2)25-12-5-4-6-13-25/h4-15,20-21H,16-19H2,1-3H3. The van der Waals surface area contributed by atoms with Gasteiger partial charge in [-0.15, -0.1) is 0 Å². The lowest BCUT2D eigenvalue weighted by molar-refractivity contribution is 0.0746. The van der Waals surface area contributed by atoms with Crippen molar-refractivity contribution in [2.45, 2.75) is 13.8 Å². The molecule has 0 aliphatic carbocycles. The zero-order chi connectivity index (χ0) is 24.4. The SMILES string of the molecule is COc1cccc(-c2cc(C(=O)N3CCN(c4ccccc4C)CC3)c(C)n2-c2ccccc2)c1. The van der Waals surface area contributed by atoms with Crippen molar-refractivity contribution in [3.63, 3.8) is 0 Å². The molecule has 2 heterocycles. The van der Waals surface area contributed by atoms with E-state index >= 15 is 0 Å². The number of benzene rings is 3. The molecule has 3 aromatic carbocycles. The molecule has 178 valence electrons. The minimum Gasteiger partial charge on any atom is -0.497 e. The van der Waals surface area contributed by atoms with Gasteiger partial charge in [0, 0.05) is 48.8 Å². The normalized spacial score (nSPS) is 13.7. The lowest BCUT2D eigenvalue weighted by Gasteiger charge is -2.36. The molecular formula is C30H31N3O2. The van der Waals surface area contributed by atoms with E-state index in [1.165, 1.54) is 11.3 Å². The highest BCUT2D eigenvalue weighted by atomic mass is 16.5. The Morgan fingerprint density at radius 2 is 1.51 bits per heavy atom. The fourth-order valence-corrected chi connectivity index (χ4v) is 4.97. The Labute approximate surface area is 207 Å². The van der Waals surface area contributed by atoms with Gasteiger partial charge in [0.15, 0.2) is 0 Å². The Morgan fingerprint density at radius 3 is 2.23 bits per heavy atom. The Bertz CT molecular complexity index is 1330. The van der Waals surface area contributed by atoms with Crippen LogP contribution in [0.1, 0.15) is 21.6 Å². The maximum atomic E-state index is 13.8. The van der Waals surface area contributed by atoms with Gasteiger partial charge < -0.3 is 19.1 Å². The molecule has 0 saturated carbocycles. The number of carbonyl (C=O) groups excluding carboxylic acids is 1. The van der Waals surface area contributed by atoms with Crippen LogP contribution in [0, 0.1) is 13.8 Å². The monoisotopic (exact) mass is 465 g/mol. The highest BCUT2D eigenvalue weighted by Crippen LogP contribution is 2.32. The first-order chi connectivity index (χ1) is 17.1. The van der Waals surface area contributed by atoms with Crippen molar-refractivity contribution in [2.24, 2.45) is 0 Å². The molecule has 0 radical (unpaired) electrons. The molecule has 0 unspecified atom stereocenters. The first-order valence-electron chi connectivity index (χ1n) is 12.1. The second kappa shape index (κ2) is 9.71. The van der Waals surface area contributed by atoms with E-state index in [2.05, 4.69) is 58.9 Å². The van der Waals surface area contributed by atoms with Gasteiger partial charge in [-0.3, -0.25) is 4.79 Å². The van der Waals surface area contributed by atoms with Gasteiger partial charge in [0.1, 0.15) is 5.75 Å². The average Bonchev–Trinajstić information content (AvgIpc) is 3.26. The van der Waals surface area contributed by atoms with Crippen LogP contribution in [0.5, 0.6) is 5.75 Å². The van der Waals surface area contributed by atoms with E-state index in [-0.39, 0.29) is 5.91 Å². The molecule has 35 heavy (non-hydrogen) atoms. The molecule has 1 amide bonds. The van der Waals surface area contributed by atoms with Gasteiger partial charge in [-0.2, -0.15) is 0 Å². The van der Waals surface area contributed by atoms with Gasteiger partial charge in [0.05, 0.1) is 18.4 Å². The number of methoxy groups -OCH3 is 1. The van der Waals surface area contributed by atoms with Crippen LogP contribution in [0.3, 0.4) is 0 Å². The van der Waals surface area contributed by atoms with Crippen LogP contribution >= 0.6 is 0 Å². The van der Waals surface area contributed by atoms with Crippen LogP contribution in [-0.4, -0.2) is 48.7 Å². The van der Waals surface area contributed by atoms with Crippen molar-refractivity contribution in [1.29, 1.82) is 0 Å². The van der Waals surface area contributed by atoms with Crippen LogP contribution in [-0.2, 0) is 0 Å². The van der Waals surface area contributed by atoms with Gasteiger partial charge in [-0.25, -0.2) is 0 Å². The Kier molecular flexibility index (Phi) is 6.32. The number of hydrogen-bond acceptors (Lipinski definition) is 3. The zero-order valence-electron chi connectivity index (χ0n) is 20.6. The Morgan fingerprint density at radius 1 is 0.800 bits per heavy atom. The Hall–Kier alpha value is -3.99. The number of aromatic nitrogens is 1. The number of rotatable bonds is 5. The van der Waals surface area contributed by atoms with E-state index in [0.29, 0.717) is 13.1 Å². The van der Waals surface area contributed by atoms with E-state index in [4.69, 9.17) is 4.74 Å². The van der Waals surface area contributed by atoms with E-state index in [1.54, 1.807) is 7.11 Å². The summed E-state index contributed by atoms with van der Waals surface area (Å²) in [6, 6.07) is 28.7. The first-order valence-corrected chi connectivity index (χ1v) is 12.1. The minimum atomic E-state index is 0.0887. The number of nitrogens with zero attached hydrogens (tertiary/aromatic N) is 3. The van der Waals surface area contributed by atoms with E-state index in [0.717, 1.165) is 47.0 Å². The predicted octanol–water partition coefficient (Wildman–Crippen LogP) is 5.73. The summed E-state index contributed by atoms with van der Waals surface area (Å²) in [7, 11) is 1.67. The minimum absolute atomic E-state index is 0.0887. The van der Waals surface area contributed by atoms with Crippen molar-refractivity contribution in [3.05, 3.63) is 102 Å². The number of ether oxygens (including phenoxy) is 1. The lowest BCUT2D eigenvalue weighted by Crippen LogP contribution is -2.49. The second-order valence-corrected chi connectivity index (χ2v) is 9.00. The maximum Gasteiger partial charge on any atom is 0.255 e. The molecular weight excluding hydrogens is 434 g/mol. The van der Waals surface area contributed by atoms with Gasteiger partial charge in [0.25, 0.3) is 5.91 Å². The maximum absolute atomic E-state index is 13.8. The third kappa shape index (κ3) is 4.42. The van der Waals surface area contributed by atoms with Crippen molar-refractivity contribution in [1.82, 2.24) is 9.47 Å². The molecule has 5 heteroatoms. The third-order valence-electron chi connectivity index (χ3n) is 6.88. The van der Waals surface area contributed by atoms with Crippen LogP contribution in [0.25, 0.3) is 16.9 Å². The van der Waals surface area contributed by atoms with Gasteiger partial charge in [0.2, 0.25) is 0 Å². The van der Waals surface area contributed by atoms with Crippen molar-refractivity contribution >= 4 is 11.6 Å². The molecule has 1 saturated heterocycles. The largest absolute Gasteiger partial charge is 0.497 e. The molecule has 1 aromatic heterocycles. The molecule has 0 bridgehead atoms. The van der Waals surface area contributed by atoms with E-state index in [1.807, 2.05) is 54.3 Å². The van der Waals surface area contributed by atoms with Crippen molar-refractivity contribution in [3.8, 4) is 22.7 Å². The second-order valence-electron chi connectivity index (χ2n) is 9.00. The summed E-state index contributed by atoms with van der Waals surface area (Å²) in [6.07, 6.45) is 0. The highest BCUT2D eigenvalue weighted by Gasteiger charge is 2.27. The van der Waals surface area contributed by atoms with Gasteiger partial charge >= 0.3 is 0 Å². The summed E-state index contributed by atoms with van der Waals surface area (Å²) in [5, 5.41) is 0. The number of anilines is 1. The fourth-order valence-electron chi connectivity index (χ4n) is 4.97. The molecule has 1 aliphatic rings. The summed E-state index contributed by atoms with van der Waals surface area (Å²) in [6.45, 7) is 7.25. The van der Waals surface area contributed by atoms with Crippen LogP contribution < -0.4 is 9.64 Å². The zero-order valence-corrected chi connectivity index (χ0v) is 20.6. The number of hydrogen-bond donors (Lipinski definition) is 0. The van der Waals surface area contributed by atoms with Gasteiger partial charge in [-0.1, -0.05) is 48.5 Å². The number of piperazine rings is 1. The summed E-state index contributed by atoms with van der Waals surface area (Å²) >= 11 is 0. The average molecular weight is 466 g/mol. The third-order valence-corrected chi connectivity index (χ3v) is 6.88. The first kappa shape index (κ1) is 22.8. The molecule has 4 aromatic rings. The lowest BCUT2D eigenvalue weighted by atomic mass is 10.1. The number of para-hydroxylation sites is 2. The summed E-state index contributed by atoms with van der Waals surface area (Å²) < 4.78 is 7.64.